The number of carbonyl (C=O) groups is 1. The first-order chi connectivity index (χ1) is 10.3. The summed E-state index contributed by atoms with van der Waals surface area (Å²) in [6, 6.07) is 11.4. The van der Waals surface area contributed by atoms with Crippen LogP contribution in [0.1, 0.15) is 34.1 Å². The fourth-order valence-electron chi connectivity index (χ4n) is 2.85. The second-order valence-corrected chi connectivity index (χ2v) is 6.68. The molecule has 118 valence electrons. The highest BCUT2D eigenvalue weighted by atomic mass is 16.5. The van der Waals surface area contributed by atoms with Gasteiger partial charge in [0.05, 0.1) is 12.5 Å². The molecule has 3 nitrogen and oxygen atoms in total. The average molecular weight is 300 g/mol. The third-order valence-electron chi connectivity index (χ3n) is 3.74. The summed E-state index contributed by atoms with van der Waals surface area (Å²) >= 11 is 0. The van der Waals surface area contributed by atoms with Gasteiger partial charge in [-0.15, -0.1) is 0 Å². The van der Waals surface area contributed by atoms with E-state index in [-0.39, 0.29) is 5.97 Å². The van der Waals surface area contributed by atoms with Crippen LogP contribution in [0, 0.1) is 11.3 Å². The maximum Gasteiger partial charge on any atom is 0.316 e. The van der Waals surface area contributed by atoms with Crippen molar-refractivity contribution in [2.75, 3.05) is 7.11 Å². The molecule has 0 N–H and O–H groups in total. The lowest BCUT2D eigenvalue weighted by Gasteiger charge is -2.24. The lowest BCUT2D eigenvalue weighted by atomic mass is 9.84. The molecule has 2 rings (SSSR count). The van der Waals surface area contributed by atoms with E-state index in [1.807, 2.05) is 44.2 Å². The summed E-state index contributed by atoms with van der Waals surface area (Å²) in [6.45, 7) is 8.08. The molecule has 0 saturated heterocycles. The number of hydrogen-bond donors (Lipinski definition) is 0. The molecule has 0 aliphatic heterocycles. The number of ether oxygens (including phenoxy) is 2. The lowest BCUT2D eigenvalue weighted by molar-refractivity contribution is -0.144. The predicted molar refractivity (Wildman–Crippen MR) is 89.4 cm³/mol. The Bertz CT molecular complexity index is 671. The lowest BCUT2D eigenvalue weighted by Crippen LogP contribution is -2.30. The summed E-state index contributed by atoms with van der Waals surface area (Å²) in [4.78, 5) is 12.5. The van der Waals surface area contributed by atoms with Crippen LogP contribution in [-0.4, -0.2) is 13.1 Å². The second-order valence-electron chi connectivity index (χ2n) is 6.68. The normalized spacial score (nSPS) is 11.7. The molecule has 0 saturated carbocycles. The van der Waals surface area contributed by atoms with E-state index in [2.05, 4.69) is 13.8 Å². The summed E-state index contributed by atoms with van der Waals surface area (Å²) in [7, 11) is 1.64. The molecule has 0 bridgehead atoms. The molecule has 0 amide bonds. The van der Waals surface area contributed by atoms with E-state index in [1.165, 1.54) is 0 Å². The van der Waals surface area contributed by atoms with Crippen LogP contribution in [0.2, 0.25) is 0 Å². The highest BCUT2D eigenvalue weighted by molar-refractivity contribution is 5.95. The first-order valence-electron chi connectivity index (χ1n) is 7.63. The second kappa shape index (κ2) is 6.39. The van der Waals surface area contributed by atoms with Crippen molar-refractivity contribution in [2.24, 2.45) is 11.3 Å². The molecule has 0 unspecified atom stereocenters. The summed E-state index contributed by atoms with van der Waals surface area (Å²) in [5.74, 6) is 1.60. The van der Waals surface area contributed by atoms with Crippen LogP contribution in [0.4, 0.5) is 0 Å². The maximum atomic E-state index is 12.5. The third-order valence-corrected chi connectivity index (χ3v) is 3.74. The molecule has 0 aliphatic carbocycles. The molecule has 0 radical (unpaired) electrons. The molecule has 3 heteroatoms. The zero-order valence-corrected chi connectivity index (χ0v) is 14.0. The molecule has 0 aromatic heterocycles. The Hall–Kier alpha value is -2.03. The number of fused-ring (bicyclic) bond motifs is 1. The largest absolute Gasteiger partial charge is 0.496 e. The van der Waals surface area contributed by atoms with Crippen LogP contribution in [0.3, 0.4) is 0 Å². The van der Waals surface area contributed by atoms with E-state index in [4.69, 9.17) is 9.47 Å². The van der Waals surface area contributed by atoms with Gasteiger partial charge in [-0.3, -0.25) is 4.79 Å². The van der Waals surface area contributed by atoms with E-state index in [1.54, 1.807) is 13.2 Å². The molecule has 2 aromatic carbocycles. The number of rotatable bonds is 5. The van der Waals surface area contributed by atoms with Crippen molar-refractivity contribution < 1.29 is 14.3 Å². The zero-order valence-electron chi connectivity index (χ0n) is 14.0. The fourth-order valence-corrected chi connectivity index (χ4v) is 2.85. The first kappa shape index (κ1) is 16.3. The van der Waals surface area contributed by atoms with Crippen molar-refractivity contribution in [2.45, 2.75) is 34.1 Å². The number of benzene rings is 2. The van der Waals surface area contributed by atoms with Crippen LogP contribution in [0.5, 0.6) is 11.5 Å². The zero-order chi connectivity index (χ0) is 16.3. The highest BCUT2D eigenvalue weighted by Crippen LogP contribution is 2.35. The molecular weight excluding hydrogens is 276 g/mol. The number of carbonyl (C=O) groups excluding carboxylic acids is 1. The van der Waals surface area contributed by atoms with Gasteiger partial charge in [0.25, 0.3) is 0 Å². The van der Waals surface area contributed by atoms with Gasteiger partial charge in [0.15, 0.2) is 0 Å². The van der Waals surface area contributed by atoms with E-state index >= 15 is 0 Å². The Balaban J connectivity index is 2.35. The Kier molecular flexibility index (Phi) is 4.74. The van der Waals surface area contributed by atoms with Gasteiger partial charge in [-0.1, -0.05) is 38.1 Å². The Morgan fingerprint density at radius 1 is 1.05 bits per heavy atom. The smallest absolute Gasteiger partial charge is 0.316 e. The van der Waals surface area contributed by atoms with Crippen molar-refractivity contribution >= 4 is 16.7 Å². The minimum atomic E-state index is -0.505. The molecule has 0 atom stereocenters. The third kappa shape index (κ3) is 3.41. The average Bonchev–Trinajstić information content (AvgIpc) is 2.46. The Morgan fingerprint density at radius 2 is 1.59 bits per heavy atom. The molecule has 22 heavy (non-hydrogen) atoms. The number of hydrogen-bond acceptors (Lipinski definition) is 3. The summed E-state index contributed by atoms with van der Waals surface area (Å²) in [5.41, 5.74) is -0.505. The minimum absolute atomic E-state index is 0.198. The standard InChI is InChI=1S/C19H24O3/c1-13(2)12-19(3,4)18(20)22-17-11-10-16(21-5)14-8-6-7-9-15(14)17/h6-11,13H,12H2,1-5H3. The van der Waals surface area contributed by atoms with Gasteiger partial charge < -0.3 is 9.47 Å². The highest BCUT2D eigenvalue weighted by Gasteiger charge is 2.31. The predicted octanol–water partition coefficient (Wildman–Crippen LogP) is 4.83. The Morgan fingerprint density at radius 3 is 2.14 bits per heavy atom. The van der Waals surface area contributed by atoms with Crippen molar-refractivity contribution in [1.82, 2.24) is 0 Å². The van der Waals surface area contributed by atoms with Gasteiger partial charge >= 0.3 is 5.97 Å². The van der Waals surface area contributed by atoms with Crippen molar-refractivity contribution in [3.8, 4) is 11.5 Å². The topological polar surface area (TPSA) is 35.5 Å². The first-order valence-corrected chi connectivity index (χ1v) is 7.63. The maximum absolute atomic E-state index is 12.5. The van der Waals surface area contributed by atoms with Crippen LogP contribution in [0.15, 0.2) is 36.4 Å². The molecule has 2 aromatic rings. The molecule has 0 heterocycles. The fraction of sp³-hybridized carbons (Fsp3) is 0.421. The van der Waals surface area contributed by atoms with Crippen LogP contribution >= 0.6 is 0 Å². The van der Waals surface area contributed by atoms with E-state index in [9.17, 15) is 4.79 Å². The van der Waals surface area contributed by atoms with Gasteiger partial charge in [-0.05, 0) is 38.3 Å². The van der Waals surface area contributed by atoms with Gasteiger partial charge in [0.2, 0.25) is 0 Å². The van der Waals surface area contributed by atoms with Gasteiger partial charge in [-0.25, -0.2) is 0 Å². The van der Waals surface area contributed by atoms with Crippen molar-refractivity contribution in [3.63, 3.8) is 0 Å². The SMILES string of the molecule is COc1ccc(OC(=O)C(C)(C)CC(C)C)c2ccccc12. The van der Waals surface area contributed by atoms with Crippen molar-refractivity contribution in [3.05, 3.63) is 36.4 Å². The quantitative estimate of drug-likeness (QED) is 0.586. The van der Waals surface area contributed by atoms with Crippen molar-refractivity contribution in [1.29, 1.82) is 0 Å². The van der Waals surface area contributed by atoms with Crippen LogP contribution in [0.25, 0.3) is 10.8 Å². The molecule has 0 aliphatic rings. The van der Waals surface area contributed by atoms with E-state index in [0.29, 0.717) is 11.7 Å². The Labute approximate surface area is 132 Å². The van der Waals surface area contributed by atoms with Gasteiger partial charge in [0, 0.05) is 10.8 Å². The summed E-state index contributed by atoms with van der Waals surface area (Å²) in [5, 5.41) is 1.83. The summed E-state index contributed by atoms with van der Waals surface area (Å²) in [6.07, 6.45) is 0.792. The molecular formula is C19H24O3. The van der Waals surface area contributed by atoms with Crippen LogP contribution in [-0.2, 0) is 4.79 Å². The minimum Gasteiger partial charge on any atom is -0.496 e. The summed E-state index contributed by atoms with van der Waals surface area (Å²) < 4.78 is 11.1. The number of esters is 1. The monoisotopic (exact) mass is 300 g/mol. The van der Waals surface area contributed by atoms with Gasteiger partial charge in [-0.2, -0.15) is 0 Å². The van der Waals surface area contributed by atoms with Crippen LogP contribution < -0.4 is 9.47 Å². The van der Waals surface area contributed by atoms with Gasteiger partial charge in [0.1, 0.15) is 11.5 Å². The molecule has 0 spiro atoms. The van der Waals surface area contributed by atoms with E-state index < -0.39 is 5.41 Å². The van der Waals surface area contributed by atoms with E-state index in [0.717, 1.165) is 22.9 Å². The number of methoxy groups -OCH3 is 1. The molecule has 0 fully saturated rings.